The van der Waals surface area contributed by atoms with Crippen molar-refractivity contribution in [2.24, 2.45) is 0 Å². The Labute approximate surface area is 208 Å². The van der Waals surface area contributed by atoms with E-state index >= 15 is 0 Å². The van der Waals surface area contributed by atoms with Crippen LogP contribution in [0.3, 0.4) is 0 Å². The molecule has 0 aliphatic carbocycles. The number of carbonyl (C=O) groups excluding carboxylic acids is 1. The molecule has 0 aromatic heterocycles. The minimum absolute atomic E-state index is 0. The number of methoxy groups -OCH3 is 3. The Morgan fingerprint density at radius 3 is 2.29 bits per heavy atom. The highest BCUT2D eigenvalue weighted by Crippen LogP contribution is 2.33. The number of esters is 1. The molecular weight excluding hydrogens is 480 g/mol. The van der Waals surface area contributed by atoms with E-state index < -0.39 is 10.0 Å². The molecule has 1 aliphatic rings. The van der Waals surface area contributed by atoms with E-state index in [0.29, 0.717) is 19.4 Å². The molecule has 34 heavy (non-hydrogen) atoms. The number of ether oxygens (including phenoxy) is 3. The summed E-state index contributed by atoms with van der Waals surface area (Å²) in [6.45, 7) is 2.88. The fourth-order valence-electron chi connectivity index (χ4n) is 3.91. The van der Waals surface area contributed by atoms with Crippen molar-refractivity contribution in [1.29, 1.82) is 0 Å². The summed E-state index contributed by atoms with van der Waals surface area (Å²) in [5, 5.41) is 0. The maximum atomic E-state index is 12.6. The number of nitrogens with one attached hydrogen (secondary N) is 1. The molecule has 0 spiro atoms. The largest absolute Gasteiger partial charge is 0.493 e. The van der Waals surface area contributed by atoms with E-state index in [-0.39, 0.29) is 29.7 Å². The third kappa shape index (κ3) is 7.33. The maximum Gasteiger partial charge on any atom is 0.305 e. The molecule has 0 fully saturated rings. The zero-order chi connectivity index (χ0) is 23.8. The van der Waals surface area contributed by atoms with E-state index in [0.717, 1.165) is 43.1 Å². The van der Waals surface area contributed by atoms with E-state index in [1.54, 1.807) is 38.5 Å². The van der Waals surface area contributed by atoms with Gasteiger partial charge in [0.15, 0.2) is 11.5 Å². The molecular formula is C24H33ClN2O6S. The molecule has 1 aliphatic heterocycles. The number of carbonyl (C=O) groups is 1. The van der Waals surface area contributed by atoms with Crippen molar-refractivity contribution in [2.45, 2.75) is 37.1 Å². The summed E-state index contributed by atoms with van der Waals surface area (Å²) in [4.78, 5) is 13.8. The number of halogens is 1. The second kappa shape index (κ2) is 12.9. The lowest BCUT2D eigenvalue weighted by molar-refractivity contribution is -0.140. The molecule has 3 rings (SSSR count). The quantitative estimate of drug-likeness (QED) is 0.365. The lowest BCUT2D eigenvalue weighted by Gasteiger charge is -2.29. The first-order valence-electron chi connectivity index (χ1n) is 11.0. The number of sulfonamides is 1. The van der Waals surface area contributed by atoms with Crippen LogP contribution in [0.4, 0.5) is 0 Å². The highest BCUT2D eigenvalue weighted by molar-refractivity contribution is 7.89. The van der Waals surface area contributed by atoms with Crippen LogP contribution in [0.25, 0.3) is 0 Å². The van der Waals surface area contributed by atoms with Crippen molar-refractivity contribution < 1.29 is 27.4 Å². The Morgan fingerprint density at radius 1 is 1.03 bits per heavy atom. The first-order valence-corrected chi connectivity index (χ1v) is 12.5. The molecule has 2 aromatic rings. The van der Waals surface area contributed by atoms with E-state index in [9.17, 15) is 13.2 Å². The van der Waals surface area contributed by atoms with E-state index in [1.807, 2.05) is 12.1 Å². The number of hydrogen-bond donors (Lipinski definition) is 1. The summed E-state index contributed by atoms with van der Waals surface area (Å²) in [5.74, 6) is 1.18. The van der Waals surface area contributed by atoms with Crippen LogP contribution in [-0.2, 0) is 38.9 Å². The minimum atomic E-state index is -3.57. The van der Waals surface area contributed by atoms with Crippen LogP contribution >= 0.6 is 12.4 Å². The average molecular weight is 513 g/mol. The molecule has 0 amide bonds. The summed E-state index contributed by atoms with van der Waals surface area (Å²) in [5.41, 5.74) is 3.37. The fraction of sp³-hybridized carbons (Fsp3) is 0.458. The summed E-state index contributed by atoms with van der Waals surface area (Å²) in [7, 11) is 1.05. The Kier molecular flexibility index (Phi) is 10.6. The van der Waals surface area contributed by atoms with Gasteiger partial charge in [-0.15, -0.1) is 12.4 Å². The van der Waals surface area contributed by atoms with Crippen LogP contribution in [0.5, 0.6) is 11.5 Å². The van der Waals surface area contributed by atoms with Crippen LogP contribution in [0.1, 0.15) is 29.5 Å². The normalized spacial score (nSPS) is 13.5. The number of aryl methyl sites for hydroxylation is 1. The second-order valence-corrected chi connectivity index (χ2v) is 9.74. The van der Waals surface area contributed by atoms with Gasteiger partial charge in [-0.2, -0.15) is 0 Å². The average Bonchev–Trinajstić information content (AvgIpc) is 2.84. The second-order valence-electron chi connectivity index (χ2n) is 7.97. The minimum Gasteiger partial charge on any atom is -0.493 e. The first kappa shape index (κ1) is 27.9. The predicted octanol–water partition coefficient (Wildman–Crippen LogP) is 2.96. The van der Waals surface area contributed by atoms with Crippen LogP contribution in [-0.4, -0.2) is 60.3 Å². The standard InChI is InChI=1S/C24H32N2O6S.ClH/c1-30-22-15-19-11-14-26(17-20(19)16-23(22)31-2)13-4-12-25-33(28,29)21-8-5-18(6-9-21)7-10-24(27)32-3;/h5-6,8-9,15-16,25H,4,7,10-14,17H2,1-3H3;1H. The van der Waals surface area contributed by atoms with Crippen molar-refractivity contribution in [1.82, 2.24) is 9.62 Å². The van der Waals surface area contributed by atoms with Crippen LogP contribution in [0, 0.1) is 0 Å². The van der Waals surface area contributed by atoms with Crippen LogP contribution < -0.4 is 14.2 Å². The van der Waals surface area contributed by atoms with Gasteiger partial charge in [-0.25, -0.2) is 13.1 Å². The van der Waals surface area contributed by atoms with Gasteiger partial charge in [-0.1, -0.05) is 12.1 Å². The van der Waals surface area contributed by atoms with Gasteiger partial charge < -0.3 is 14.2 Å². The molecule has 0 saturated carbocycles. The summed E-state index contributed by atoms with van der Waals surface area (Å²) in [6, 6.07) is 10.7. The van der Waals surface area contributed by atoms with Gasteiger partial charge in [0.25, 0.3) is 0 Å². The lowest BCUT2D eigenvalue weighted by Crippen LogP contribution is -2.33. The van der Waals surface area contributed by atoms with Gasteiger partial charge in [0.2, 0.25) is 10.0 Å². The smallest absolute Gasteiger partial charge is 0.305 e. The van der Waals surface area contributed by atoms with Gasteiger partial charge in [0, 0.05) is 26.1 Å². The molecule has 0 saturated heterocycles. The Hall–Kier alpha value is -2.33. The van der Waals surface area contributed by atoms with E-state index in [4.69, 9.17) is 9.47 Å². The molecule has 2 aromatic carbocycles. The van der Waals surface area contributed by atoms with Crippen LogP contribution in [0.2, 0.25) is 0 Å². The zero-order valence-electron chi connectivity index (χ0n) is 19.8. The highest BCUT2D eigenvalue weighted by atomic mass is 35.5. The molecule has 8 nitrogen and oxygen atoms in total. The molecule has 188 valence electrons. The third-order valence-electron chi connectivity index (χ3n) is 5.82. The van der Waals surface area contributed by atoms with E-state index in [2.05, 4.69) is 14.4 Å². The predicted molar refractivity (Wildman–Crippen MR) is 132 cm³/mol. The Morgan fingerprint density at radius 2 is 1.68 bits per heavy atom. The third-order valence-corrected chi connectivity index (χ3v) is 7.30. The number of fused-ring (bicyclic) bond motifs is 1. The fourth-order valence-corrected chi connectivity index (χ4v) is 4.98. The number of rotatable bonds is 11. The van der Waals surface area contributed by atoms with Crippen molar-refractivity contribution in [3.05, 3.63) is 53.1 Å². The molecule has 1 N–H and O–H groups in total. The van der Waals surface area contributed by atoms with Crippen molar-refractivity contribution in [3.8, 4) is 11.5 Å². The van der Waals surface area contributed by atoms with Crippen molar-refractivity contribution in [3.63, 3.8) is 0 Å². The first-order chi connectivity index (χ1) is 15.9. The molecule has 0 atom stereocenters. The number of nitrogens with zero attached hydrogens (tertiary/aromatic N) is 1. The molecule has 1 heterocycles. The van der Waals surface area contributed by atoms with Gasteiger partial charge in [-0.3, -0.25) is 9.69 Å². The van der Waals surface area contributed by atoms with Gasteiger partial charge >= 0.3 is 5.97 Å². The summed E-state index contributed by atoms with van der Waals surface area (Å²) < 4.78 is 43.3. The summed E-state index contributed by atoms with van der Waals surface area (Å²) in [6.07, 6.45) is 2.41. The number of benzene rings is 2. The number of hydrogen-bond acceptors (Lipinski definition) is 7. The highest BCUT2D eigenvalue weighted by Gasteiger charge is 2.20. The van der Waals surface area contributed by atoms with Crippen LogP contribution in [0.15, 0.2) is 41.3 Å². The van der Waals surface area contributed by atoms with Crippen molar-refractivity contribution in [2.75, 3.05) is 41.0 Å². The van der Waals surface area contributed by atoms with Crippen molar-refractivity contribution >= 4 is 28.4 Å². The monoisotopic (exact) mass is 512 g/mol. The molecule has 0 unspecified atom stereocenters. The molecule has 10 heteroatoms. The maximum absolute atomic E-state index is 12.6. The van der Waals surface area contributed by atoms with Gasteiger partial charge in [0.05, 0.1) is 26.2 Å². The van der Waals surface area contributed by atoms with Gasteiger partial charge in [-0.05, 0) is 66.8 Å². The summed E-state index contributed by atoms with van der Waals surface area (Å²) >= 11 is 0. The molecule has 0 radical (unpaired) electrons. The Bertz CT molecular complexity index is 1060. The molecule has 0 bridgehead atoms. The lowest BCUT2D eigenvalue weighted by atomic mass is 9.98. The zero-order valence-corrected chi connectivity index (χ0v) is 21.5. The van der Waals surface area contributed by atoms with Gasteiger partial charge in [0.1, 0.15) is 0 Å². The topological polar surface area (TPSA) is 94.2 Å². The Balaban J connectivity index is 0.00000408. The van der Waals surface area contributed by atoms with E-state index in [1.165, 1.54) is 18.2 Å². The SMILES string of the molecule is COC(=O)CCc1ccc(S(=O)(=O)NCCCN2CCc3cc(OC)c(OC)cc3C2)cc1.Cl.